The molecule has 18 heavy (non-hydrogen) atoms. The second kappa shape index (κ2) is 4.44. The molecule has 0 bridgehead atoms. The zero-order valence-corrected chi connectivity index (χ0v) is 9.64. The molecule has 0 aliphatic heterocycles. The first kappa shape index (κ1) is 12.0. The van der Waals surface area contributed by atoms with Gasteiger partial charge in [-0.1, -0.05) is 12.1 Å². The van der Waals surface area contributed by atoms with Crippen molar-refractivity contribution in [2.75, 3.05) is 0 Å². The van der Waals surface area contributed by atoms with Gasteiger partial charge in [-0.25, -0.2) is 4.79 Å². The van der Waals surface area contributed by atoms with E-state index in [1.165, 1.54) is 19.1 Å². The van der Waals surface area contributed by atoms with Crippen LogP contribution in [0.25, 0.3) is 0 Å². The Morgan fingerprint density at radius 2 is 2.11 bits per heavy atom. The lowest BCUT2D eigenvalue weighted by Gasteiger charge is -2.22. The molecule has 1 aliphatic carbocycles. The van der Waals surface area contributed by atoms with Gasteiger partial charge in [-0.15, -0.1) is 0 Å². The van der Waals surface area contributed by atoms with E-state index >= 15 is 0 Å². The molecule has 1 atom stereocenters. The molecule has 0 saturated carbocycles. The van der Waals surface area contributed by atoms with E-state index in [1.807, 2.05) is 0 Å². The van der Waals surface area contributed by atoms with Crippen molar-refractivity contribution in [3.8, 4) is 0 Å². The maximum absolute atomic E-state index is 11.1. The van der Waals surface area contributed by atoms with Crippen LogP contribution < -0.4 is 0 Å². The molecule has 0 spiro atoms. The summed E-state index contributed by atoms with van der Waals surface area (Å²) >= 11 is 0. The molecule has 1 unspecified atom stereocenters. The maximum Gasteiger partial charge on any atom is 0.336 e. The lowest BCUT2D eigenvalue weighted by Crippen LogP contribution is -2.18. The van der Waals surface area contributed by atoms with Crippen molar-refractivity contribution in [3.05, 3.63) is 47.0 Å². The van der Waals surface area contributed by atoms with Gasteiger partial charge in [0.15, 0.2) is 0 Å². The number of allylic oxidation sites excluding steroid dienone is 1. The SMILES string of the molecule is CC(=O)OC1C=CC(=N)c2c(C(=O)O)cccc21. The predicted molar refractivity (Wildman–Crippen MR) is 63.9 cm³/mol. The number of carboxylic acid groups (broad SMARTS) is 1. The second-order valence-electron chi connectivity index (χ2n) is 3.88. The molecule has 0 aromatic heterocycles. The monoisotopic (exact) mass is 245 g/mol. The number of nitrogens with one attached hydrogen (secondary N) is 1. The molecule has 1 aromatic carbocycles. The van der Waals surface area contributed by atoms with Gasteiger partial charge in [0.25, 0.3) is 0 Å². The fourth-order valence-electron chi connectivity index (χ4n) is 1.94. The van der Waals surface area contributed by atoms with Crippen molar-refractivity contribution in [1.82, 2.24) is 0 Å². The Hall–Kier alpha value is -2.43. The van der Waals surface area contributed by atoms with Gasteiger partial charge in [-0.05, 0) is 18.2 Å². The molecule has 2 N–H and O–H groups in total. The first-order valence-electron chi connectivity index (χ1n) is 5.31. The zero-order chi connectivity index (χ0) is 13.3. The average molecular weight is 245 g/mol. The highest BCUT2D eigenvalue weighted by molar-refractivity contribution is 6.14. The third kappa shape index (κ3) is 2.02. The minimum atomic E-state index is -1.10. The molecule has 1 aliphatic rings. The van der Waals surface area contributed by atoms with Crippen LogP contribution in [0.2, 0.25) is 0 Å². The van der Waals surface area contributed by atoms with Crippen LogP contribution in [-0.2, 0) is 9.53 Å². The summed E-state index contributed by atoms with van der Waals surface area (Å²) in [5.41, 5.74) is 0.974. The highest BCUT2D eigenvalue weighted by Crippen LogP contribution is 2.30. The standard InChI is InChI=1S/C13H11NO4/c1-7(15)18-11-6-5-10(14)12-8(11)3-2-4-9(12)13(16)17/h2-6,11,14H,1H3,(H,16,17). The molecule has 0 fully saturated rings. The molecule has 1 aromatic rings. The number of benzene rings is 1. The normalized spacial score (nSPS) is 17.2. The fraction of sp³-hybridized carbons (Fsp3) is 0.154. The van der Waals surface area contributed by atoms with E-state index in [2.05, 4.69) is 0 Å². The van der Waals surface area contributed by atoms with Crippen LogP contribution in [0.1, 0.15) is 34.5 Å². The number of hydrogen-bond acceptors (Lipinski definition) is 4. The molecule has 0 radical (unpaired) electrons. The average Bonchev–Trinajstić information content (AvgIpc) is 2.31. The third-order valence-electron chi connectivity index (χ3n) is 2.63. The number of rotatable bonds is 2. The van der Waals surface area contributed by atoms with Gasteiger partial charge in [0, 0.05) is 18.1 Å². The Kier molecular flexibility index (Phi) is 2.97. The summed E-state index contributed by atoms with van der Waals surface area (Å²) in [6.07, 6.45) is 2.38. The lowest BCUT2D eigenvalue weighted by molar-refractivity contribution is -0.144. The zero-order valence-electron chi connectivity index (χ0n) is 9.64. The van der Waals surface area contributed by atoms with E-state index in [9.17, 15) is 9.59 Å². The summed E-state index contributed by atoms with van der Waals surface area (Å²) in [6.45, 7) is 1.29. The Morgan fingerprint density at radius 1 is 1.39 bits per heavy atom. The summed E-state index contributed by atoms with van der Waals surface area (Å²) in [6, 6.07) is 4.67. The smallest absolute Gasteiger partial charge is 0.336 e. The molecular weight excluding hydrogens is 234 g/mol. The van der Waals surface area contributed by atoms with Gasteiger partial charge in [-0.2, -0.15) is 0 Å². The maximum atomic E-state index is 11.1. The summed E-state index contributed by atoms with van der Waals surface area (Å²) in [4.78, 5) is 22.1. The number of fused-ring (bicyclic) bond motifs is 1. The van der Waals surface area contributed by atoms with Crippen LogP contribution in [0.3, 0.4) is 0 Å². The molecule has 0 saturated heterocycles. The number of carbonyl (C=O) groups is 2. The Labute approximate surface area is 103 Å². The van der Waals surface area contributed by atoms with Crippen molar-refractivity contribution >= 4 is 17.7 Å². The van der Waals surface area contributed by atoms with Gasteiger partial charge in [0.1, 0.15) is 6.10 Å². The summed E-state index contributed by atoms with van der Waals surface area (Å²) in [5.74, 6) is -1.56. The molecular formula is C13H11NO4. The van der Waals surface area contributed by atoms with Crippen LogP contribution in [-0.4, -0.2) is 22.8 Å². The van der Waals surface area contributed by atoms with E-state index in [0.717, 1.165) is 0 Å². The van der Waals surface area contributed by atoms with Crippen molar-refractivity contribution in [2.24, 2.45) is 0 Å². The Balaban J connectivity index is 2.56. The number of ether oxygens (including phenoxy) is 1. The van der Waals surface area contributed by atoms with Gasteiger partial charge in [0.05, 0.1) is 11.3 Å². The summed E-state index contributed by atoms with van der Waals surface area (Å²) < 4.78 is 5.09. The lowest BCUT2D eigenvalue weighted by atomic mass is 9.89. The highest BCUT2D eigenvalue weighted by Gasteiger charge is 2.25. The minimum Gasteiger partial charge on any atom is -0.478 e. The molecule has 0 amide bonds. The van der Waals surface area contributed by atoms with Gasteiger partial charge < -0.3 is 15.3 Å². The number of hydrogen-bond donors (Lipinski definition) is 2. The van der Waals surface area contributed by atoms with Crippen LogP contribution in [0, 0.1) is 5.41 Å². The van der Waals surface area contributed by atoms with Crippen LogP contribution in [0.15, 0.2) is 30.4 Å². The topological polar surface area (TPSA) is 87.5 Å². The van der Waals surface area contributed by atoms with E-state index in [4.69, 9.17) is 15.3 Å². The number of esters is 1. The van der Waals surface area contributed by atoms with Gasteiger partial charge in [-0.3, -0.25) is 4.79 Å². The highest BCUT2D eigenvalue weighted by atomic mass is 16.5. The van der Waals surface area contributed by atoms with E-state index in [-0.39, 0.29) is 11.3 Å². The van der Waals surface area contributed by atoms with E-state index in [0.29, 0.717) is 11.1 Å². The summed E-state index contributed by atoms with van der Waals surface area (Å²) in [5, 5.41) is 16.9. The molecule has 0 heterocycles. The largest absolute Gasteiger partial charge is 0.478 e. The van der Waals surface area contributed by atoms with Crippen molar-refractivity contribution < 1.29 is 19.4 Å². The second-order valence-corrected chi connectivity index (χ2v) is 3.88. The Morgan fingerprint density at radius 3 is 2.72 bits per heavy atom. The van der Waals surface area contributed by atoms with Crippen LogP contribution >= 0.6 is 0 Å². The molecule has 5 nitrogen and oxygen atoms in total. The molecule has 2 rings (SSSR count). The number of carbonyl (C=O) groups excluding carboxylic acids is 1. The predicted octanol–water partition coefficient (Wildman–Crippen LogP) is 1.93. The van der Waals surface area contributed by atoms with Crippen molar-refractivity contribution in [1.29, 1.82) is 5.41 Å². The first-order valence-corrected chi connectivity index (χ1v) is 5.31. The van der Waals surface area contributed by atoms with Gasteiger partial charge in [0.2, 0.25) is 0 Å². The number of carboxylic acids is 1. The summed E-state index contributed by atoms with van der Waals surface area (Å²) in [7, 11) is 0. The Bertz CT molecular complexity index is 574. The molecule has 92 valence electrons. The van der Waals surface area contributed by atoms with Crippen LogP contribution in [0.4, 0.5) is 0 Å². The first-order chi connectivity index (χ1) is 8.50. The van der Waals surface area contributed by atoms with E-state index in [1.54, 1.807) is 18.2 Å². The van der Waals surface area contributed by atoms with Gasteiger partial charge >= 0.3 is 11.9 Å². The quantitative estimate of drug-likeness (QED) is 0.779. The van der Waals surface area contributed by atoms with E-state index < -0.39 is 18.0 Å². The minimum absolute atomic E-state index is 0.0407. The third-order valence-corrected chi connectivity index (χ3v) is 2.63. The number of aromatic carboxylic acids is 1. The van der Waals surface area contributed by atoms with Crippen molar-refractivity contribution in [3.63, 3.8) is 0 Å². The van der Waals surface area contributed by atoms with Crippen LogP contribution in [0.5, 0.6) is 0 Å². The molecule has 5 heteroatoms. The van der Waals surface area contributed by atoms with Crippen molar-refractivity contribution in [2.45, 2.75) is 13.0 Å². The fourth-order valence-corrected chi connectivity index (χ4v) is 1.94.